The van der Waals surface area contributed by atoms with Gasteiger partial charge in [-0.1, -0.05) is 91.9 Å². The van der Waals surface area contributed by atoms with E-state index in [1.54, 1.807) is 6.07 Å². The number of carboxylic acids is 1. The second-order valence-corrected chi connectivity index (χ2v) is 16.2. The number of nitrogens with one attached hydrogen (secondary N) is 1. The number of carbonyl (C=O) groups is 3. The van der Waals surface area contributed by atoms with E-state index in [0.29, 0.717) is 43.7 Å². The van der Waals surface area contributed by atoms with E-state index >= 15 is 0 Å². The monoisotopic (exact) mass is 884 g/mol. The molecule has 0 aliphatic rings. The van der Waals surface area contributed by atoms with Crippen molar-refractivity contribution in [3.05, 3.63) is 150 Å². The van der Waals surface area contributed by atoms with Crippen molar-refractivity contribution in [3.8, 4) is 34.0 Å². The molecule has 2 amide bonds. The summed E-state index contributed by atoms with van der Waals surface area (Å²) in [5, 5.41) is 31.3. The lowest BCUT2D eigenvalue weighted by Crippen LogP contribution is -2.42. The molecule has 0 saturated heterocycles. The van der Waals surface area contributed by atoms with E-state index < -0.39 is 33.9 Å². The molecule has 6 rings (SSSR count). The molecule has 2 aromatic heterocycles. The second-order valence-electron chi connectivity index (χ2n) is 14.8. The van der Waals surface area contributed by atoms with Gasteiger partial charge in [0, 0.05) is 43.3 Å². The summed E-state index contributed by atoms with van der Waals surface area (Å²) in [6, 6.07) is 35.5. The molecule has 2 heterocycles. The number of ether oxygens (including phenoxy) is 1. The van der Waals surface area contributed by atoms with Gasteiger partial charge < -0.3 is 25.2 Å². The van der Waals surface area contributed by atoms with Crippen molar-refractivity contribution in [3.63, 3.8) is 0 Å². The maximum Gasteiger partial charge on any atom is 0.326 e. The number of rotatable bonds is 21. The van der Waals surface area contributed by atoms with Gasteiger partial charge >= 0.3 is 5.97 Å². The number of aromatic nitrogens is 2. The van der Waals surface area contributed by atoms with Crippen molar-refractivity contribution in [2.75, 3.05) is 18.1 Å². The maximum absolute atomic E-state index is 13.9. The van der Waals surface area contributed by atoms with E-state index in [2.05, 4.69) is 20.5 Å². The normalized spacial score (nSPS) is 11.8. The molecule has 4 aromatic carbocycles. The van der Waals surface area contributed by atoms with Crippen molar-refractivity contribution in [1.82, 2.24) is 15.3 Å². The van der Waals surface area contributed by atoms with Crippen LogP contribution in [0.1, 0.15) is 60.5 Å². The van der Waals surface area contributed by atoms with E-state index in [-0.39, 0.29) is 59.2 Å². The van der Waals surface area contributed by atoms with Gasteiger partial charge in [-0.25, -0.2) is 14.8 Å². The number of carbonyl (C=O) groups excluding carboxylic acids is 2. The highest BCUT2D eigenvalue weighted by atomic mass is 32.2. The predicted molar refractivity (Wildman–Crippen MR) is 241 cm³/mol. The third-order valence-corrected chi connectivity index (χ3v) is 11.0. The molecule has 0 aliphatic carbocycles. The van der Waals surface area contributed by atoms with Crippen LogP contribution in [0, 0.1) is 0 Å². The molecular weight excluding hydrogens is 837 g/mol. The number of anilines is 1. The Labute approximate surface area is 371 Å². The predicted octanol–water partition coefficient (Wildman–Crippen LogP) is 8.85. The quantitative estimate of drug-likeness (QED) is 0.0304. The standard InChI is InChI=1S/C48H48N6O9S/c1-2-25-54(47(57)37-22-24-44(49-31-37)53-50-32-36-18-11-12-19-43(36)64(60,61)62)42-30-39(55)23-21-35(42)27-41(48(58)59)51-45(56)20-10-5-13-26-63-46-29-38(33-14-6-3-7-15-33)28-40(52-46)34-16-8-4-9-17-34/h3-4,6-9,11-12,14-19,21-24,28-31,41,55H,2,5,10,13,20,25-27,32H2,1H3,(H,51,56)(H,58,59)(H,60,61,62)/t41-/m0/s1. The number of phenolic OH excluding ortho intramolecular Hbond substituents is 1. The first kappa shape index (κ1) is 46.2. The minimum atomic E-state index is -4.46. The van der Waals surface area contributed by atoms with Gasteiger partial charge in [0.25, 0.3) is 16.0 Å². The van der Waals surface area contributed by atoms with Gasteiger partial charge in [-0.2, -0.15) is 13.5 Å². The number of phenols is 1. The number of hydrogen-bond donors (Lipinski definition) is 4. The van der Waals surface area contributed by atoms with Crippen LogP contribution >= 0.6 is 0 Å². The Kier molecular flexibility index (Phi) is 16.0. The summed E-state index contributed by atoms with van der Waals surface area (Å²) in [7, 11) is -4.46. The van der Waals surface area contributed by atoms with Gasteiger partial charge in [0.15, 0.2) is 5.82 Å². The molecule has 0 bridgehead atoms. The fraction of sp³-hybridized carbons (Fsp3) is 0.229. The fourth-order valence-corrected chi connectivity index (χ4v) is 7.60. The number of aliphatic carboxylic acids is 1. The molecule has 15 nitrogen and oxygen atoms in total. The topological polar surface area (TPSA) is 221 Å². The SMILES string of the molecule is CCCN(C(=O)c1ccc(N=NCc2ccccc2S(=O)(=O)O)nc1)c1cc(O)ccc1C[C@H](NC(=O)CCCCCOc1cc(-c2ccccc2)cc(-c2ccccc2)n1)C(=O)O. The number of pyridine rings is 2. The summed E-state index contributed by atoms with van der Waals surface area (Å²) >= 11 is 0. The molecule has 0 fully saturated rings. The molecule has 0 aliphatic heterocycles. The Hall–Kier alpha value is -7.30. The van der Waals surface area contributed by atoms with Crippen LogP contribution < -0.4 is 15.0 Å². The average Bonchev–Trinajstić information content (AvgIpc) is 3.30. The van der Waals surface area contributed by atoms with Gasteiger partial charge in [-0.05, 0) is 78.3 Å². The van der Waals surface area contributed by atoms with E-state index in [1.807, 2.05) is 79.7 Å². The Balaban J connectivity index is 1.04. The van der Waals surface area contributed by atoms with Crippen LogP contribution in [-0.4, -0.2) is 70.1 Å². The highest BCUT2D eigenvalue weighted by Crippen LogP contribution is 2.31. The minimum absolute atomic E-state index is 0.0903. The second kappa shape index (κ2) is 22.2. The van der Waals surface area contributed by atoms with Crippen LogP contribution in [0.15, 0.2) is 149 Å². The van der Waals surface area contributed by atoms with E-state index in [0.717, 1.165) is 22.4 Å². The lowest BCUT2D eigenvalue weighted by Gasteiger charge is -2.26. The molecule has 4 N–H and O–H groups in total. The number of carboxylic acid groups (broad SMARTS) is 1. The number of hydrogen-bond acceptors (Lipinski definition) is 11. The number of nitrogens with zero attached hydrogens (tertiary/aromatic N) is 5. The highest BCUT2D eigenvalue weighted by Gasteiger charge is 2.26. The van der Waals surface area contributed by atoms with Crippen molar-refractivity contribution in [2.24, 2.45) is 10.2 Å². The molecule has 0 saturated carbocycles. The van der Waals surface area contributed by atoms with E-state index in [4.69, 9.17) is 9.72 Å². The van der Waals surface area contributed by atoms with Crippen LogP contribution in [0.3, 0.4) is 0 Å². The Morgan fingerprint density at radius 3 is 2.22 bits per heavy atom. The third kappa shape index (κ3) is 12.9. The molecule has 0 spiro atoms. The zero-order valence-corrected chi connectivity index (χ0v) is 35.9. The first-order valence-corrected chi connectivity index (χ1v) is 22.1. The molecular formula is C48H48N6O9S. The Morgan fingerprint density at radius 2 is 1.53 bits per heavy atom. The van der Waals surface area contributed by atoms with E-state index in [1.165, 1.54) is 59.6 Å². The van der Waals surface area contributed by atoms with Crippen molar-refractivity contribution >= 4 is 39.4 Å². The molecule has 0 radical (unpaired) electrons. The lowest BCUT2D eigenvalue weighted by atomic mass is 10.0. The first-order valence-electron chi connectivity index (χ1n) is 20.7. The van der Waals surface area contributed by atoms with Crippen molar-refractivity contribution in [1.29, 1.82) is 0 Å². The van der Waals surface area contributed by atoms with E-state index in [9.17, 15) is 37.6 Å². The van der Waals surface area contributed by atoms with Crippen molar-refractivity contribution < 1.29 is 42.3 Å². The average molecular weight is 885 g/mol. The van der Waals surface area contributed by atoms with Crippen LogP contribution in [0.25, 0.3) is 22.4 Å². The Morgan fingerprint density at radius 1 is 0.812 bits per heavy atom. The first-order chi connectivity index (χ1) is 30.9. The fourth-order valence-electron chi connectivity index (χ4n) is 6.89. The molecule has 16 heteroatoms. The van der Waals surface area contributed by atoms with Gasteiger partial charge in [-0.3, -0.25) is 14.1 Å². The molecule has 1 atom stereocenters. The number of benzene rings is 4. The zero-order valence-electron chi connectivity index (χ0n) is 35.1. The smallest absolute Gasteiger partial charge is 0.326 e. The summed E-state index contributed by atoms with van der Waals surface area (Å²) in [4.78, 5) is 49.5. The highest BCUT2D eigenvalue weighted by molar-refractivity contribution is 7.85. The van der Waals surface area contributed by atoms with Crippen LogP contribution in [0.4, 0.5) is 11.5 Å². The van der Waals surface area contributed by atoms with Crippen LogP contribution in [-0.2, 0) is 32.7 Å². The zero-order chi connectivity index (χ0) is 45.5. The number of unbranched alkanes of at least 4 members (excludes halogenated alkanes) is 2. The maximum atomic E-state index is 13.9. The largest absolute Gasteiger partial charge is 0.508 e. The van der Waals surface area contributed by atoms with Gasteiger partial charge in [0.1, 0.15) is 11.8 Å². The summed E-state index contributed by atoms with van der Waals surface area (Å²) < 4.78 is 38.9. The third-order valence-electron chi connectivity index (χ3n) is 10.0. The molecule has 0 unspecified atom stereocenters. The van der Waals surface area contributed by atoms with Crippen LogP contribution in [0.5, 0.6) is 11.6 Å². The number of amides is 2. The lowest BCUT2D eigenvalue weighted by molar-refractivity contribution is -0.141. The number of azo groups is 1. The van der Waals surface area contributed by atoms with Gasteiger partial charge in [0.05, 0.1) is 35.0 Å². The Bertz CT molecular complexity index is 2630. The van der Waals surface area contributed by atoms with Gasteiger partial charge in [-0.15, -0.1) is 5.11 Å². The van der Waals surface area contributed by atoms with Gasteiger partial charge in [0.2, 0.25) is 11.8 Å². The van der Waals surface area contributed by atoms with Crippen LogP contribution in [0.2, 0.25) is 0 Å². The number of aromatic hydroxyl groups is 1. The molecule has 6 aromatic rings. The van der Waals surface area contributed by atoms with Crippen molar-refractivity contribution in [2.45, 2.75) is 62.9 Å². The molecule has 64 heavy (non-hydrogen) atoms. The minimum Gasteiger partial charge on any atom is -0.508 e. The summed E-state index contributed by atoms with van der Waals surface area (Å²) in [6.45, 7) is 2.29. The molecule has 330 valence electrons. The summed E-state index contributed by atoms with van der Waals surface area (Å²) in [6.07, 6.45) is 3.51. The summed E-state index contributed by atoms with van der Waals surface area (Å²) in [5.74, 6) is -1.70. The summed E-state index contributed by atoms with van der Waals surface area (Å²) in [5.41, 5.74) is 4.86.